The smallest absolute Gasteiger partial charge is 0.347 e. The third-order valence-corrected chi connectivity index (χ3v) is 3.97. The number of nitrogens with one attached hydrogen (secondary N) is 1. The van der Waals surface area contributed by atoms with E-state index < -0.39 is 5.97 Å². The van der Waals surface area contributed by atoms with E-state index in [0.29, 0.717) is 5.13 Å². The van der Waals surface area contributed by atoms with Crippen LogP contribution in [-0.2, 0) is 0 Å². The minimum Gasteiger partial charge on any atom is -0.477 e. The predicted octanol–water partition coefficient (Wildman–Crippen LogP) is 4.11. The summed E-state index contributed by atoms with van der Waals surface area (Å²) in [6.45, 7) is 0. The predicted molar refractivity (Wildman–Crippen MR) is 74.2 cm³/mol. The van der Waals surface area contributed by atoms with Gasteiger partial charge >= 0.3 is 5.97 Å². The molecule has 0 amide bonds. The monoisotopic (exact) mass is 376 g/mol. The first-order valence-corrected chi connectivity index (χ1v) is 6.87. The number of nitrogens with zero attached hydrogens (tertiary/aromatic N) is 1. The third kappa shape index (κ3) is 3.05. The molecule has 0 fully saturated rings. The molecule has 17 heavy (non-hydrogen) atoms. The lowest BCUT2D eigenvalue weighted by molar-refractivity contribution is 0.0702. The molecular formula is C10H6Br2N2O2S. The minimum atomic E-state index is -0.969. The Morgan fingerprint density at radius 3 is 2.82 bits per heavy atom. The summed E-state index contributed by atoms with van der Waals surface area (Å²) in [6, 6.07) is 5.67. The van der Waals surface area contributed by atoms with Gasteiger partial charge in [-0.15, -0.1) is 0 Å². The van der Waals surface area contributed by atoms with E-state index in [1.165, 1.54) is 6.20 Å². The van der Waals surface area contributed by atoms with Crippen molar-refractivity contribution in [3.8, 4) is 0 Å². The van der Waals surface area contributed by atoms with Crippen molar-refractivity contribution in [3.05, 3.63) is 38.2 Å². The Morgan fingerprint density at radius 1 is 1.41 bits per heavy atom. The van der Waals surface area contributed by atoms with Crippen LogP contribution in [0.5, 0.6) is 0 Å². The number of aromatic nitrogens is 1. The number of aromatic carboxylic acids is 1. The second kappa shape index (κ2) is 5.16. The van der Waals surface area contributed by atoms with Crippen LogP contribution < -0.4 is 5.32 Å². The van der Waals surface area contributed by atoms with Crippen LogP contribution in [0.4, 0.5) is 10.8 Å². The topological polar surface area (TPSA) is 62.2 Å². The van der Waals surface area contributed by atoms with Gasteiger partial charge in [0.25, 0.3) is 0 Å². The van der Waals surface area contributed by atoms with E-state index in [4.69, 9.17) is 5.11 Å². The van der Waals surface area contributed by atoms with E-state index in [2.05, 4.69) is 42.2 Å². The van der Waals surface area contributed by atoms with Crippen LogP contribution in [0.3, 0.4) is 0 Å². The van der Waals surface area contributed by atoms with Crippen molar-refractivity contribution in [2.24, 2.45) is 0 Å². The van der Waals surface area contributed by atoms with Crippen LogP contribution in [0, 0.1) is 0 Å². The number of carboxylic acid groups (broad SMARTS) is 1. The molecule has 0 radical (unpaired) electrons. The summed E-state index contributed by atoms with van der Waals surface area (Å²) in [5.74, 6) is -0.969. The van der Waals surface area contributed by atoms with E-state index in [1.807, 2.05) is 18.2 Å². The summed E-state index contributed by atoms with van der Waals surface area (Å²) in [5.41, 5.74) is 0.825. The average Bonchev–Trinajstić information content (AvgIpc) is 2.72. The van der Waals surface area contributed by atoms with Crippen LogP contribution in [0.25, 0.3) is 0 Å². The van der Waals surface area contributed by atoms with E-state index in [1.54, 1.807) is 0 Å². The van der Waals surface area contributed by atoms with Crippen molar-refractivity contribution in [1.29, 1.82) is 0 Å². The first kappa shape index (κ1) is 12.5. The molecule has 0 unspecified atom stereocenters. The molecule has 0 atom stereocenters. The van der Waals surface area contributed by atoms with Gasteiger partial charge in [0, 0.05) is 8.95 Å². The molecule has 7 heteroatoms. The van der Waals surface area contributed by atoms with Crippen LogP contribution in [0.15, 0.2) is 33.3 Å². The SMILES string of the molecule is O=C(O)c1cnc(Nc2cc(Br)ccc2Br)s1. The molecule has 0 saturated heterocycles. The zero-order valence-corrected chi connectivity index (χ0v) is 12.3. The van der Waals surface area contributed by atoms with Crippen LogP contribution >= 0.6 is 43.2 Å². The molecule has 1 aromatic carbocycles. The minimum absolute atomic E-state index is 0.207. The highest BCUT2D eigenvalue weighted by atomic mass is 79.9. The van der Waals surface area contributed by atoms with Gasteiger partial charge in [0.2, 0.25) is 0 Å². The molecular weight excluding hydrogens is 372 g/mol. The second-order valence-corrected chi connectivity index (χ2v) is 5.88. The molecule has 88 valence electrons. The maximum atomic E-state index is 10.7. The third-order valence-electron chi connectivity index (χ3n) is 1.89. The molecule has 0 bridgehead atoms. The number of thiazole rings is 1. The van der Waals surface area contributed by atoms with Crippen molar-refractivity contribution in [3.63, 3.8) is 0 Å². The maximum absolute atomic E-state index is 10.7. The summed E-state index contributed by atoms with van der Waals surface area (Å²) in [7, 11) is 0. The fourth-order valence-electron chi connectivity index (χ4n) is 1.14. The van der Waals surface area contributed by atoms with Crippen LogP contribution in [-0.4, -0.2) is 16.1 Å². The maximum Gasteiger partial charge on any atom is 0.347 e. The van der Waals surface area contributed by atoms with Gasteiger partial charge in [0.05, 0.1) is 11.9 Å². The summed E-state index contributed by atoms with van der Waals surface area (Å²) in [5, 5.41) is 12.4. The largest absolute Gasteiger partial charge is 0.477 e. The molecule has 1 heterocycles. The van der Waals surface area contributed by atoms with E-state index >= 15 is 0 Å². The number of hydrogen-bond acceptors (Lipinski definition) is 4. The van der Waals surface area contributed by atoms with Gasteiger partial charge in [0.15, 0.2) is 5.13 Å². The first-order valence-electron chi connectivity index (χ1n) is 4.47. The van der Waals surface area contributed by atoms with Crippen molar-refractivity contribution in [2.75, 3.05) is 5.32 Å². The molecule has 0 aliphatic heterocycles. The number of hydrogen-bond donors (Lipinski definition) is 2. The lowest BCUT2D eigenvalue weighted by atomic mass is 10.3. The van der Waals surface area contributed by atoms with Crippen molar-refractivity contribution in [1.82, 2.24) is 4.98 Å². The molecule has 0 saturated carbocycles. The molecule has 1 aromatic heterocycles. The number of carboxylic acids is 1. The first-order chi connectivity index (χ1) is 8.06. The molecule has 0 aliphatic rings. The molecule has 2 aromatic rings. The van der Waals surface area contributed by atoms with Crippen LogP contribution in [0.2, 0.25) is 0 Å². The number of anilines is 2. The molecule has 2 rings (SSSR count). The fraction of sp³-hybridized carbons (Fsp3) is 0. The van der Waals surface area contributed by atoms with E-state index in [-0.39, 0.29) is 4.88 Å². The summed E-state index contributed by atoms with van der Waals surface area (Å²) < 4.78 is 1.81. The van der Waals surface area contributed by atoms with Gasteiger partial charge in [0.1, 0.15) is 4.88 Å². The van der Waals surface area contributed by atoms with Crippen molar-refractivity contribution >= 4 is 60.0 Å². The average molecular weight is 378 g/mol. The molecule has 0 aliphatic carbocycles. The summed E-state index contributed by atoms with van der Waals surface area (Å²) in [4.78, 5) is 14.9. The number of benzene rings is 1. The number of halogens is 2. The van der Waals surface area contributed by atoms with Crippen molar-refractivity contribution in [2.45, 2.75) is 0 Å². The molecule has 4 nitrogen and oxygen atoms in total. The Morgan fingerprint density at radius 2 is 2.18 bits per heavy atom. The van der Waals surface area contributed by atoms with Gasteiger partial charge in [-0.3, -0.25) is 0 Å². The quantitative estimate of drug-likeness (QED) is 0.844. The van der Waals surface area contributed by atoms with E-state index in [9.17, 15) is 4.79 Å². The standard InChI is InChI=1S/C10H6Br2N2O2S/c11-5-1-2-6(12)7(3-5)14-10-13-4-8(17-10)9(15)16/h1-4H,(H,13,14)(H,15,16). The zero-order valence-electron chi connectivity index (χ0n) is 8.28. The normalized spacial score (nSPS) is 10.2. The lowest BCUT2D eigenvalue weighted by Gasteiger charge is -2.05. The van der Waals surface area contributed by atoms with Gasteiger partial charge in [-0.25, -0.2) is 9.78 Å². The van der Waals surface area contributed by atoms with Crippen LogP contribution in [0.1, 0.15) is 9.67 Å². The molecule has 0 spiro atoms. The Kier molecular flexibility index (Phi) is 3.80. The fourth-order valence-corrected chi connectivity index (χ4v) is 2.51. The number of rotatable bonds is 3. The lowest BCUT2D eigenvalue weighted by Crippen LogP contribution is -1.90. The second-order valence-electron chi connectivity index (χ2n) is 3.08. The Labute approximate surface area is 118 Å². The highest BCUT2D eigenvalue weighted by molar-refractivity contribution is 9.11. The van der Waals surface area contributed by atoms with Gasteiger partial charge in [-0.1, -0.05) is 27.3 Å². The summed E-state index contributed by atoms with van der Waals surface area (Å²) >= 11 is 7.86. The van der Waals surface area contributed by atoms with Gasteiger partial charge < -0.3 is 10.4 Å². The number of carbonyl (C=O) groups is 1. The van der Waals surface area contributed by atoms with Crippen molar-refractivity contribution < 1.29 is 9.90 Å². The van der Waals surface area contributed by atoms with Gasteiger partial charge in [-0.05, 0) is 34.1 Å². The highest BCUT2D eigenvalue weighted by Gasteiger charge is 2.09. The van der Waals surface area contributed by atoms with E-state index in [0.717, 1.165) is 26.0 Å². The zero-order chi connectivity index (χ0) is 12.4. The Balaban J connectivity index is 2.25. The summed E-state index contributed by atoms with van der Waals surface area (Å²) in [6.07, 6.45) is 1.33. The highest BCUT2D eigenvalue weighted by Crippen LogP contribution is 2.30. The van der Waals surface area contributed by atoms with Gasteiger partial charge in [-0.2, -0.15) is 0 Å². The Hall–Kier alpha value is -0.920. The Bertz CT molecular complexity index is 571. The molecule has 2 N–H and O–H groups in total.